The van der Waals surface area contributed by atoms with Crippen molar-refractivity contribution in [2.24, 2.45) is 7.05 Å². The molecule has 2 unspecified atom stereocenters. The van der Waals surface area contributed by atoms with Crippen LogP contribution in [-0.4, -0.2) is 51.2 Å². The van der Waals surface area contributed by atoms with Crippen molar-refractivity contribution in [1.82, 2.24) is 19.8 Å². The lowest BCUT2D eigenvalue weighted by atomic mass is 9.98. The van der Waals surface area contributed by atoms with Gasteiger partial charge in [0.25, 0.3) is 0 Å². The van der Waals surface area contributed by atoms with Gasteiger partial charge in [-0.15, -0.1) is 0 Å². The number of nitrogens with zero attached hydrogens (tertiary/aromatic N) is 3. The Morgan fingerprint density at radius 3 is 2.95 bits per heavy atom. The molecule has 1 aliphatic rings. The Bertz CT molecular complexity index is 459. The number of carboxylic acids is 1. The SMILES string of the molecule is CNC1(C(=O)O)CCC(N(C)Cc2nccn2C)C1. The number of hydrogen-bond donors (Lipinski definition) is 2. The molecule has 0 bridgehead atoms. The zero-order valence-corrected chi connectivity index (χ0v) is 11.8. The largest absolute Gasteiger partial charge is 0.480 e. The smallest absolute Gasteiger partial charge is 0.323 e. The van der Waals surface area contributed by atoms with E-state index in [4.69, 9.17) is 0 Å². The van der Waals surface area contributed by atoms with Gasteiger partial charge in [0.2, 0.25) is 0 Å². The van der Waals surface area contributed by atoms with Crippen LogP contribution < -0.4 is 5.32 Å². The summed E-state index contributed by atoms with van der Waals surface area (Å²) >= 11 is 0. The molecule has 2 atom stereocenters. The molecule has 0 saturated heterocycles. The van der Waals surface area contributed by atoms with E-state index in [0.29, 0.717) is 12.8 Å². The van der Waals surface area contributed by atoms with E-state index in [2.05, 4.69) is 15.2 Å². The first-order valence-corrected chi connectivity index (χ1v) is 6.57. The first-order valence-electron chi connectivity index (χ1n) is 6.57. The summed E-state index contributed by atoms with van der Waals surface area (Å²) in [4.78, 5) is 17.9. The van der Waals surface area contributed by atoms with E-state index >= 15 is 0 Å². The first kappa shape index (κ1) is 14.0. The lowest BCUT2D eigenvalue weighted by Gasteiger charge is -2.27. The van der Waals surface area contributed by atoms with E-state index in [1.807, 2.05) is 24.9 Å². The van der Waals surface area contributed by atoms with Crippen LogP contribution in [-0.2, 0) is 18.4 Å². The fourth-order valence-electron chi connectivity index (χ4n) is 2.82. The average molecular weight is 266 g/mol. The molecular formula is C13H22N4O2. The third-order valence-electron chi connectivity index (χ3n) is 4.31. The Kier molecular flexibility index (Phi) is 3.91. The summed E-state index contributed by atoms with van der Waals surface area (Å²) < 4.78 is 1.99. The lowest BCUT2D eigenvalue weighted by Crippen LogP contribution is -2.49. The van der Waals surface area contributed by atoms with E-state index in [1.54, 1.807) is 13.2 Å². The molecule has 1 aliphatic carbocycles. The summed E-state index contributed by atoms with van der Waals surface area (Å²) in [7, 11) is 5.74. The van der Waals surface area contributed by atoms with Crippen LogP contribution in [0.25, 0.3) is 0 Å². The number of aliphatic carboxylic acids is 1. The molecule has 6 nitrogen and oxygen atoms in total. The normalized spacial score (nSPS) is 27.1. The highest BCUT2D eigenvalue weighted by molar-refractivity contribution is 5.79. The van der Waals surface area contributed by atoms with Crippen LogP contribution >= 0.6 is 0 Å². The van der Waals surface area contributed by atoms with Gasteiger partial charge in [0, 0.05) is 25.5 Å². The van der Waals surface area contributed by atoms with Gasteiger partial charge in [-0.2, -0.15) is 0 Å². The standard InChI is InChI=1S/C13H22N4O2/c1-14-13(12(18)19)5-4-10(8-13)17(3)9-11-15-6-7-16(11)2/h6-7,10,14H,4-5,8-9H2,1-3H3,(H,18,19). The third kappa shape index (κ3) is 2.64. The Morgan fingerprint density at radius 2 is 2.47 bits per heavy atom. The Hall–Kier alpha value is -1.40. The maximum absolute atomic E-state index is 11.4. The van der Waals surface area contributed by atoms with Gasteiger partial charge in [-0.1, -0.05) is 0 Å². The molecule has 19 heavy (non-hydrogen) atoms. The minimum Gasteiger partial charge on any atom is -0.480 e. The molecule has 1 fully saturated rings. The minimum absolute atomic E-state index is 0.278. The summed E-state index contributed by atoms with van der Waals surface area (Å²) in [5.74, 6) is 0.252. The van der Waals surface area contributed by atoms with Crippen molar-refractivity contribution >= 4 is 5.97 Å². The van der Waals surface area contributed by atoms with Gasteiger partial charge in [-0.25, -0.2) is 4.98 Å². The van der Waals surface area contributed by atoms with Crippen molar-refractivity contribution < 1.29 is 9.90 Å². The number of likely N-dealkylation sites (N-methyl/N-ethyl adjacent to an activating group) is 1. The summed E-state index contributed by atoms with van der Waals surface area (Å²) in [5, 5.41) is 12.4. The van der Waals surface area contributed by atoms with Crippen LogP contribution in [0.1, 0.15) is 25.1 Å². The van der Waals surface area contributed by atoms with Crippen LogP contribution in [0.2, 0.25) is 0 Å². The van der Waals surface area contributed by atoms with E-state index in [9.17, 15) is 9.90 Å². The topological polar surface area (TPSA) is 70.4 Å². The molecule has 2 rings (SSSR count). The maximum atomic E-state index is 11.4. The molecule has 1 saturated carbocycles. The van der Waals surface area contributed by atoms with Crippen molar-refractivity contribution in [2.45, 2.75) is 37.4 Å². The van der Waals surface area contributed by atoms with E-state index in [1.165, 1.54) is 0 Å². The first-order chi connectivity index (χ1) is 8.98. The predicted octanol–water partition coefficient (Wildman–Crippen LogP) is 0.447. The van der Waals surface area contributed by atoms with Gasteiger partial charge in [0.05, 0.1) is 6.54 Å². The maximum Gasteiger partial charge on any atom is 0.323 e. The third-order valence-corrected chi connectivity index (χ3v) is 4.31. The van der Waals surface area contributed by atoms with Gasteiger partial charge in [-0.05, 0) is 33.4 Å². The van der Waals surface area contributed by atoms with Crippen LogP contribution in [0.15, 0.2) is 12.4 Å². The zero-order chi connectivity index (χ0) is 14.0. The molecule has 0 spiro atoms. The average Bonchev–Trinajstić information content (AvgIpc) is 2.97. The Balaban J connectivity index is 2.01. The number of carboxylic acid groups (broad SMARTS) is 1. The fourth-order valence-corrected chi connectivity index (χ4v) is 2.82. The molecule has 0 radical (unpaired) electrons. The molecule has 1 aromatic rings. The van der Waals surface area contributed by atoms with Gasteiger partial charge in [0.15, 0.2) is 0 Å². The summed E-state index contributed by atoms with van der Waals surface area (Å²) in [5.41, 5.74) is -0.763. The number of nitrogens with one attached hydrogen (secondary N) is 1. The van der Waals surface area contributed by atoms with E-state index < -0.39 is 11.5 Å². The molecule has 0 aromatic carbocycles. The van der Waals surface area contributed by atoms with Crippen molar-refractivity contribution in [3.8, 4) is 0 Å². The number of imidazole rings is 1. The van der Waals surface area contributed by atoms with Gasteiger partial charge < -0.3 is 15.0 Å². The minimum atomic E-state index is -0.763. The number of carbonyl (C=O) groups is 1. The number of aromatic nitrogens is 2. The van der Waals surface area contributed by atoms with Crippen LogP contribution in [0.3, 0.4) is 0 Å². The van der Waals surface area contributed by atoms with Gasteiger partial charge >= 0.3 is 5.97 Å². The second-order valence-corrected chi connectivity index (χ2v) is 5.40. The molecule has 0 aliphatic heterocycles. The molecule has 0 amide bonds. The van der Waals surface area contributed by atoms with Crippen molar-refractivity contribution in [2.75, 3.05) is 14.1 Å². The van der Waals surface area contributed by atoms with E-state index in [0.717, 1.165) is 18.8 Å². The Labute approximate surface area is 113 Å². The molecule has 6 heteroatoms. The zero-order valence-electron chi connectivity index (χ0n) is 11.8. The highest BCUT2D eigenvalue weighted by Crippen LogP contribution is 2.33. The monoisotopic (exact) mass is 266 g/mol. The number of hydrogen-bond acceptors (Lipinski definition) is 4. The summed E-state index contributed by atoms with van der Waals surface area (Å²) in [6.45, 7) is 0.744. The van der Waals surface area contributed by atoms with Crippen molar-refractivity contribution in [1.29, 1.82) is 0 Å². The second kappa shape index (κ2) is 5.30. The lowest BCUT2D eigenvalue weighted by molar-refractivity contribution is -0.144. The van der Waals surface area contributed by atoms with Gasteiger partial charge in [-0.3, -0.25) is 9.69 Å². The summed E-state index contributed by atoms with van der Waals surface area (Å²) in [6.07, 6.45) is 5.92. The highest BCUT2D eigenvalue weighted by Gasteiger charge is 2.45. The number of aryl methyl sites for hydroxylation is 1. The molecule has 2 N–H and O–H groups in total. The highest BCUT2D eigenvalue weighted by atomic mass is 16.4. The molecule has 1 aromatic heterocycles. The summed E-state index contributed by atoms with van der Waals surface area (Å²) in [6, 6.07) is 0.278. The van der Waals surface area contributed by atoms with Crippen LogP contribution in [0.5, 0.6) is 0 Å². The fraction of sp³-hybridized carbons (Fsp3) is 0.692. The van der Waals surface area contributed by atoms with Gasteiger partial charge in [0.1, 0.15) is 11.4 Å². The van der Waals surface area contributed by atoms with E-state index in [-0.39, 0.29) is 6.04 Å². The molecule has 1 heterocycles. The van der Waals surface area contributed by atoms with Crippen molar-refractivity contribution in [3.63, 3.8) is 0 Å². The second-order valence-electron chi connectivity index (χ2n) is 5.40. The predicted molar refractivity (Wildman–Crippen MR) is 71.7 cm³/mol. The van der Waals surface area contributed by atoms with Crippen LogP contribution in [0.4, 0.5) is 0 Å². The van der Waals surface area contributed by atoms with Crippen LogP contribution in [0, 0.1) is 0 Å². The van der Waals surface area contributed by atoms with Crippen molar-refractivity contribution in [3.05, 3.63) is 18.2 Å². The quantitative estimate of drug-likeness (QED) is 0.809. The number of rotatable bonds is 5. The molecular weight excluding hydrogens is 244 g/mol. The Morgan fingerprint density at radius 1 is 1.74 bits per heavy atom. The molecule has 106 valence electrons.